The number of rotatable bonds is 1. The highest BCUT2D eigenvalue weighted by Crippen LogP contribution is 2.33. The molecular formula is C9H4Br3ClN2O. The Morgan fingerprint density at radius 3 is 2.44 bits per heavy atom. The first-order valence-corrected chi connectivity index (χ1v) is 6.89. The van der Waals surface area contributed by atoms with Gasteiger partial charge in [0.2, 0.25) is 0 Å². The summed E-state index contributed by atoms with van der Waals surface area (Å²) in [7, 11) is 0. The average Bonchev–Trinajstić information content (AvgIpc) is 2.55. The molecule has 0 radical (unpaired) electrons. The molecule has 0 atom stereocenters. The SMILES string of the molecule is Cc1nc(-c2cc(Br)c(Br)o2)nc(Cl)c1Br. The lowest BCUT2D eigenvalue weighted by molar-refractivity contribution is 0.549. The van der Waals surface area contributed by atoms with E-state index >= 15 is 0 Å². The van der Waals surface area contributed by atoms with Crippen LogP contribution < -0.4 is 0 Å². The maximum atomic E-state index is 5.95. The summed E-state index contributed by atoms with van der Waals surface area (Å²) >= 11 is 15.8. The molecule has 2 aromatic rings. The third-order valence-electron chi connectivity index (χ3n) is 1.84. The molecule has 16 heavy (non-hydrogen) atoms. The van der Waals surface area contributed by atoms with E-state index in [1.807, 2.05) is 6.92 Å². The monoisotopic (exact) mass is 428 g/mol. The highest BCUT2D eigenvalue weighted by Gasteiger charge is 2.14. The highest BCUT2D eigenvalue weighted by atomic mass is 79.9. The van der Waals surface area contributed by atoms with E-state index in [-0.39, 0.29) is 0 Å². The molecule has 0 unspecified atom stereocenters. The van der Waals surface area contributed by atoms with Crippen LogP contribution in [0, 0.1) is 6.92 Å². The fourth-order valence-electron chi connectivity index (χ4n) is 1.09. The molecule has 3 nitrogen and oxygen atoms in total. The minimum absolute atomic E-state index is 0.367. The second kappa shape index (κ2) is 4.76. The summed E-state index contributed by atoms with van der Waals surface area (Å²) in [5.74, 6) is 1.01. The van der Waals surface area contributed by atoms with Crippen LogP contribution in [0.3, 0.4) is 0 Å². The van der Waals surface area contributed by atoms with E-state index in [1.54, 1.807) is 6.07 Å². The molecule has 0 fully saturated rings. The smallest absolute Gasteiger partial charge is 0.197 e. The summed E-state index contributed by atoms with van der Waals surface area (Å²) in [6, 6.07) is 1.78. The van der Waals surface area contributed by atoms with E-state index in [4.69, 9.17) is 16.0 Å². The van der Waals surface area contributed by atoms with Gasteiger partial charge >= 0.3 is 0 Å². The zero-order chi connectivity index (χ0) is 11.9. The van der Waals surface area contributed by atoms with Crippen LogP contribution in [-0.4, -0.2) is 9.97 Å². The Morgan fingerprint density at radius 2 is 1.94 bits per heavy atom. The van der Waals surface area contributed by atoms with Gasteiger partial charge in [0.25, 0.3) is 0 Å². The highest BCUT2D eigenvalue weighted by molar-refractivity contribution is 9.13. The van der Waals surface area contributed by atoms with Crippen molar-refractivity contribution in [2.45, 2.75) is 6.92 Å². The number of hydrogen-bond acceptors (Lipinski definition) is 3. The molecule has 2 heterocycles. The van der Waals surface area contributed by atoms with E-state index in [1.165, 1.54) is 0 Å². The molecule has 0 aliphatic rings. The van der Waals surface area contributed by atoms with Gasteiger partial charge in [-0.25, -0.2) is 9.97 Å². The summed E-state index contributed by atoms with van der Waals surface area (Å²) < 4.78 is 7.53. The first kappa shape index (κ1) is 12.5. The van der Waals surface area contributed by atoms with E-state index in [9.17, 15) is 0 Å². The van der Waals surface area contributed by atoms with Crippen LogP contribution in [0.4, 0.5) is 0 Å². The lowest BCUT2D eigenvalue weighted by Crippen LogP contribution is -1.93. The fraction of sp³-hybridized carbons (Fsp3) is 0.111. The zero-order valence-corrected chi connectivity index (χ0v) is 13.4. The van der Waals surface area contributed by atoms with Crippen molar-refractivity contribution in [2.75, 3.05) is 0 Å². The standard InChI is InChI=1S/C9H4Br3ClN2O/c1-3-6(11)8(13)15-9(14-3)5-2-4(10)7(12)16-5/h2H,1H3. The van der Waals surface area contributed by atoms with Crippen LogP contribution in [0.15, 0.2) is 24.1 Å². The molecule has 0 saturated heterocycles. The van der Waals surface area contributed by atoms with E-state index < -0.39 is 0 Å². The largest absolute Gasteiger partial charge is 0.445 e. The molecule has 0 amide bonds. The molecule has 2 rings (SSSR count). The maximum absolute atomic E-state index is 5.95. The summed E-state index contributed by atoms with van der Waals surface area (Å²) in [4.78, 5) is 8.41. The van der Waals surface area contributed by atoms with Gasteiger partial charge in [0.15, 0.2) is 16.3 Å². The van der Waals surface area contributed by atoms with Gasteiger partial charge in [-0.1, -0.05) is 11.6 Å². The fourth-order valence-corrected chi connectivity index (χ4v) is 2.06. The van der Waals surface area contributed by atoms with Crippen molar-refractivity contribution in [1.29, 1.82) is 0 Å². The summed E-state index contributed by atoms with van der Waals surface area (Å²) in [5.41, 5.74) is 0.763. The zero-order valence-electron chi connectivity index (χ0n) is 7.89. The molecule has 0 aliphatic carbocycles. The first-order valence-electron chi connectivity index (χ1n) is 4.14. The van der Waals surface area contributed by atoms with Gasteiger partial charge in [-0.05, 0) is 54.7 Å². The molecule has 0 aromatic carbocycles. The number of aromatic nitrogens is 2. The third-order valence-corrected chi connectivity index (χ3v) is 5.00. The summed E-state index contributed by atoms with van der Waals surface area (Å²) in [5, 5.41) is 0.367. The van der Waals surface area contributed by atoms with Gasteiger partial charge in [-0.15, -0.1) is 0 Å². The van der Waals surface area contributed by atoms with Crippen LogP contribution in [0.5, 0.6) is 0 Å². The van der Waals surface area contributed by atoms with Crippen molar-refractivity contribution >= 4 is 59.4 Å². The minimum atomic E-state index is 0.367. The molecule has 2 aromatic heterocycles. The summed E-state index contributed by atoms with van der Waals surface area (Å²) in [6.45, 7) is 1.84. The van der Waals surface area contributed by atoms with Crippen molar-refractivity contribution in [1.82, 2.24) is 9.97 Å². The topological polar surface area (TPSA) is 38.9 Å². The maximum Gasteiger partial charge on any atom is 0.197 e. The lowest BCUT2D eigenvalue weighted by Gasteiger charge is -2.01. The van der Waals surface area contributed by atoms with Gasteiger partial charge in [-0.3, -0.25) is 0 Å². The Balaban J connectivity index is 2.56. The van der Waals surface area contributed by atoms with Crippen molar-refractivity contribution in [2.24, 2.45) is 0 Å². The molecule has 0 bridgehead atoms. The number of aryl methyl sites for hydroxylation is 1. The van der Waals surface area contributed by atoms with Crippen molar-refractivity contribution < 1.29 is 4.42 Å². The number of furan rings is 1. The van der Waals surface area contributed by atoms with Crippen LogP contribution in [0.25, 0.3) is 11.6 Å². The molecule has 7 heteroatoms. The predicted octanol–water partition coefficient (Wildman–Crippen LogP) is 4.99. The van der Waals surface area contributed by atoms with Crippen molar-refractivity contribution in [3.8, 4) is 11.6 Å². The second-order valence-electron chi connectivity index (χ2n) is 2.97. The Labute approximate surface area is 122 Å². The molecule has 0 N–H and O–H groups in total. The molecule has 84 valence electrons. The van der Waals surface area contributed by atoms with Crippen molar-refractivity contribution in [3.05, 3.63) is 30.5 Å². The number of halogens is 4. The van der Waals surface area contributed by atoms with Gasteiger partial charge in [0, 0.05) is 6.07 Å². The summed E-state index contributed by atoms with van der Waals surface area (Å²) in [6.07, 6.45) is 0. The molecule has 0 spiro atoms. The van der Waals surface area contributed by atoms with Gasteiger partial charge in [-0.2, -0.15) is 0 Å². The second-order valence-corrected chi connectivity index (χ2v) is 5.70. The number of hydrogen-bond donors (Lipinski definition) is 0. The third kappa shape index (κ3) is 2.34. The normalized spacial score (nSPS) is 10.8. The average molecular weight is 431 g/mol. The quantitative estimate of drug-likeness (QED) is 0.598. The minimum Gasteiger partial charge on any atom is -0.445 e. The van der Waals surface area contributed by atoms with E-state index in [0.717, 1.165) is 10.2 Å². The molecule has 0 saturated carbocycles. The van der Waals surface area contributed by atoms with Gasteiger partial charge in [0.05, 0.1) is 14.6 Å². The number of nitrogens with zero attached hydrogens (tertiary/aromatic N) is 2. The Morgan fingerprint density at radius 1 is 1.25 bits per heavy atom. The van der Waals surface area contributed by atoms with E-state index in [0.29, 0.717) is 25.9 Å². The Hall–Kier alpha value is 0.0900. The Bertz CT molecular complexity index is 513. The van der Waals surface area contributed by atoms with Crippen LogP contribution in [0.1, 0.15) is 5.69 Å². The van der Waals surface area contributed by atoms with Crippen LogP contribution >= 0.6 is 59.4 Å². The molecular weight excluding hydrogens is 427 g/mol. The van der Waals surface area contributed by atoms with Crippen molar-refractivity contribution in [3.63, 3.8) is 0 Å². The van der Waals surface area contributed by atoms with Crippen LogP contribution in [0.2, 0.25) is 5.15 Å². The Kier molecular flexibility index (Phi) is 3.73. The van der Waals surface area contributed by atoms with Gasteiger partial charge in [0.1, 0.15) is 5.15 Å². The first-order chi connectivity index (χ1) is 7.49. The van der Waals surface area contributed by atoms with E-state index in [2.05, 4.69) is 57.8 Å². The lowest BCUT2D eigenvalue weighted by atomic mass is 10.4. The van der Waals surface area contributed by atoms with Crippen LogP contribution in [-0.2, 0) is 0 Å². The predicted molar refractivity (Wildman–Crippen MR) is 72.6 cm³/mol. The molecule has 0 aliphatic heterocycles. The van der Waals surface area contributed by atoms with Gasteiger partial charge < -0.3 is 4.42 Å².